The largest absolute Gasteiger partial charge is 0.422 e. The third kappa shape index (κ3) is 2.90. The molecule has 4 amide bonds. The molecule has 1 saturated heterocycles. The lowest BCUT2D eigenvalue weighted by atomic mass is 9.92. The molecule has 1 aliphatic rings. The molecule has 3 aromatic rings. The number of hydrogen-bond acceptors (Lipinski definition) is 5. The third-order valence-corrected chi connectivity index (χ3v) is 4.63. The number of anilines is 1. The maximum atomic E-state index is 12.6. The zero-order valence-corrected chi connectivity index (χ0v) is 14.7. The monoisotopic (exact) mass is 377 g/mol. The van der Waals surface area contributed by atoms with Crippen LogP contribution < -0.4 is 21.6 Å². The molecular weight excluding hydrogens is 362 g/mol. The summed E-state index contributed by atoms with van der Waals surface area (Å²) in [5.74, 6) is -1.13. The molecule has 1 aromatic heterocycles. The summed E-state index contributed by atoms with van der Waals surface area (Å²) in [5.41, 5.74) is -0.893. The number of carbonyl (C=O) groups is 3. The molecule has 2 heterocycles. The number of fused-ring (bicyclic) bond motifs is 1. The van der Waals surface area contributed by atoms with Crippen LogP contribution in [-0.2, 0) is 10.3 Å². The summed E-state index contributed by atoms with van der Waals surface area (Å²) in [6.45, 7) is 1.56. The van der Waals surface area contributed by atoms with Crippen molar-refractivity contribution in [2.75, 3.05) is 5.32 Å². The molecule has 2 aromatic carbocycles. The van der Waals surface area contributed by atoms with Crippen LogP contribution in [0.5, 0.6) is 0 Å². The van der Waals surface area contributed by atoms with Gasteiger partial charge in [0, 0.05) is 11.1 Å². The number of nitrogens with one attached hydrogen (secondary N) is 3. The van der Waals surface area contributed by atoms with Crippen molar-refractivity contribution in [3.63, 3.8) is 0 Å². The number of urea groups is 1. The molecule has 8 nitrogen and oxygen atoms in total. The van der Waals surface area contributed by atoms with Crippen molar-refractivity contribution in [2.24, 2.45) is 0 Å². The number of amides is 4. The number of imide groups is 1. The maximum absolute atomic E-state index is 12.6. The van der Waals surface area contributed by atoms with Gasteiger partial charge in [0.25, 0.3) is 11.8 Å². The standard InChI is InChI=1S/C20H15N3O5/c1-20(18(26)22-19(27)23-20)12-6-4-7-13(10-12)21-16(24)14-9-11-5-2-3-8-15(11)28-17(14)25/h2-10H,1H3,(H,21,24)(H2,22,23,26,27). The van der Waals surface area contributed by atoms with Gasteiger partial charge in [-0.1, -0.05) is 30.3 Å². The summed E-state index contributed by atoms with van der Waals surface area (Å²) in [4.78, 5) is 48.3. The molecule has 0 radical (unpaired) electrons. The van der Waals surface area contributed by atoms with Crippen LogP contribution in [0, 0.1) is 0 Å². The molecule has 0 spiro atoms. The Morgan fingerprint density at radius 3 is 2.57 bits per heavy atom. The van der Waals surface area contributed by atoms with Gasteiger partial charge in [-0.2, -0.15) is 0 Å². The Hall–Kier alpha value is -3.94. The van der Waals surface area contributed by atoms with Gasteiger partial charge in [-0.25, -0.2) is 9.59 Å². The van der Waals surface area contributed by atoms with Gasteiger partial charge in [-0.3, -0.25) is 14.9 Å². The second-order valence-corrected chi connectivity index (χ2v) is 6.55. The molecule has 0 bridgehead atoms. The van der Waals surface area contributed by atoms with E-state index >= 15 is 0 Å². The molecule has 0 saturated carbocycles. The smallest absolute Gasteiger partial charge is 0.349 e. The van der Waals surface area contributed by atoms with Crippen molar-refractivity contribution in [3.8, 4) is 0 Å². The predicted molar refractivity (Wildman–Crippen MR) is 101 cm³/mol. The van der Waals surface area contributed by atoms with Crippen LogP contribution in [-0.4, -0.2) is 17.8 Å². The van der Waals surface area contributed by atoms with Crippen LogP contribution in [0.15, 0.2) is 63.8 Å². The van der Waals surface area contributed by atoms with Crippen molar-refractivity contribution in [2.45, 2.75) is 12.5 Å². The number of rotatable bonds is 3. The Bertz CT molecular complexity index is 1200. The summed E-state index contributed by atoms with van der Waals surface area (Å²) in [5, 5.41) is 8.00. The van der Waals surface area contributed by atoms with E-state index in [0.717, 1.165) is 0 Å². The van der Waals surface area contributed by atoms with Gasteiger partial charge >= 0.3 is 11.7 Å². The Labute approximate surface area is 158 Å². The van der Waals surface area contributed by atoms with Crippen molar-refractivity contribution in [3.05, 3.63) is 76.1 Å². The SMILES string of the molecule is CC1(c2cccc(NC(=O)c3cc4ccccc4oc3=O)c2)NC(=O)NC1=O. The van der Waals surface area contributed by atoms with Crippen LogP contribution in [0.3, 0.4) is 0 Å². The van der Waals surface area contributed by atoms with Crippen LogP contribution >= 0.6 is 0 Å². The van der Waals surface area contributed by atoms with Crippen LogP contribution in [0.2, 0.25) is 0 Å². The highest BCUT2D eigenvalue weighted by Crippen LogP contribution is 2.26. The summed E-state index contributed by atoms with van der Waals surface area (Å²) < 4.78 is 5.18. The number of para-hydroxylation sites is 1. The average Bonchev–Trinajstić information content (AvgIpc) is 2.94. The lowest BCUT2D eigenvalue weighted by Crippen LogP contribution is -2.40. The van der Waals surface area contributed by atoms with Crippen LogP contribution in [0.4, 0.5) is 10.5 Å². The normalized spacial score (nSPS) is 18.6. The molecule has 1 unspecified atom stereocenters. The molecule has 140 valence electrons. The van der Waals surface area contributed by atoms with E-state index in [2.05, 4.69) is 16.0 Å². The first kappa shape index (κ1) is 17.5. The molecule has 0 aliphatic carbocycles. The second kappa shape index (κ2) is 6.34. The highest BCUT2D eigenvalue weighted by molar-refractivity contribution is 6.08. The van der Waals surface area contributed by atoms with Crippen molar-refractivity contribution in [1.29, 1.82) is 0 Å². The topological polar surface area (TPSA) is 118 Å². The Balaban J connectivity index is 1.64. The first-order chi connectivity index (χ1) is 13.4. The first-order valence-corrected chi connectivity index (χ1v) is 8.45. The van der Waals surface area contributed by atoms with E-state index in [0.29, 0.717) is 22.2 Å². The fraction of sp³-hybridized carbons (Fsp3) is 0.100. The van der Waals surface area contributed by atoms with E-state index < -0.39 is 29.0 Å². The average molecular weight is 377 g/mol. The zero-order valence-electron chi connectivity index (χ0n) is 14.7. The van der Waals surface area contributed by atoms with E-state index in [-0.39, 0.29) is 5.56 Å². The van der Waals surface area contributed by atoms with Crippen molar-refractivity contribution < 1.29 is 18.8 Å². The zero-order chi connectivity index (χ0) is 19.9. The lowest BCUT2D eigenvalue weighted by molar-refractivity contribution is -0.123. The first-order valence-electron chi connectivity index (χ1n) is 8.45. The van der Waals surface area contributed by atoms with Gasteiger partial charge < -0.3 is 15.1 Å². The molecule has 1 aliphatic heterocycles. The van der Waals surface area contributed by atoms with Crippen LogP contribution in [0.1, 0.15) is 22.8 Å². The Morgan fingerprint density at radius 1 is 1.04 bits per heavy atom. The quantitative estimate of drug-likeness (QED) is 0.477. The van der Waals surface area contributed by atoms with E-state index in [1.807, 2.05) is 0 Å². The van der Waals surface area contributed by atoms with Crippen molar-refractivity contribution in [1.82, 2.24) is 10.6 Å². The molecule has 4 rings (SSSR count). The molecule has 1 fully saturated rings. The van der Waals surface area contributed by atoms with Gasteiger partial charge in [0.15, 0.2) is 0 Å². The highest BCUT2D eigenvalue weighted by atomic mass is 16.4. The number of benzene rings is 2. The minimum absolute atomic E-state index is 0.137. The van der Waals surface area contributed by atoms with Crippen LogP contribution in [0.25, 0.3) is 11.0 Å². The summed E-state index contributed by atoms with van der Waals surface area (Å²) in [6.07, 6.45) is 0. The molecule has 3 N–H and O–H groups in total. The van der Waals surface area contributed by atoms with E-state index in [1.54, 1.807) is 55.5 Å². The Morgan fingerprint density at radius 2 is 1.82 bits per heavy atom. The summed E-state index contributed by atoms with van der Waals surface area (Å²) >= 11 is 0. The fourth-order valence-corrected chi connectivity index (χ4v) is 3.07. The Kier molecular flexibility index (Phi) is 3.96. The molecular formula is C20H15N3O5. The van der Waals surface area contributed by atoms with Gasteiger partial charge in [-0.05, 0) is 36.8 Å². The van der Waals surface area contributed by atoms with Crippen molar-refractivity contribution >= 4 is 34.5 Å². The van der Waals surface area contributed by atoms with Gasteiger partial charge in [0.1, 0.15) is 16.7 Å². The maximum Gasteiger partial charge on any atom is 0.349 e. The fourth-order valence-electron chi connectivity index (χ4n) is 3.07. The highest BCUT2D eigenvalue weighted by Gasteiger charge is 2.43. The minimum atomic E-state index is -1.25. The number of hydrogen-bond donors (Lipinski definition) is 3. The van der Waals surface area contributed by atoms with E-state index in [4.69, 9.17) is 4.42 Å². The summed E-state index contributed by atoms with van der Waals surface area (Å²) in [7, 11) is 0. The predicted octanol–water partition coefficient (Wildman–Crippen LogP) is 2.10. The second-order valence-electron chi connectivity index (χ2n) is 6.55. The number of carbonyl (C=O) groups excluding carboxylic acids is 3. The molecule has 8 heteroatoms. The summed E-state index contributed by atoms with van der Waals surface area (Å²) in [6, 6.07) is 14.2. The molecule has 28 heavy (non-hydrogen) atoms. The lowest BCUT2D eigenvalue weighted by Gasteiger charge is -2.21. The van der Waals surface area contributed by atoms with E-state index in [1.165, 1.54) is 6.07 Å². The van der Waals surface area contributed by atoms with E-state index in [9.17, 15) is 19.2 Å². The van der Waals surface area contributed by atoms with Gasteiger partial charge in [0.2, 0.25) is 0 Å². The van der Waals surface area contributed by atoms with Gasteiger partial charge in [0.05, 0.1) is 0 Å². The molecule has 1 atom stereocenters. The van der Waals surface area contributed by atoms with Gasteiger partial charge in [-0.15, -0.1) is 0 Å². The third-order valence-electron chi connectivity index (χ3n) is 4.63. The minimum Gasteiger partial charge on any atom is -0.422 e.